The van der Waals surface area contributed by atoms with E-state index in [9.17, 15) is 14.9 Å². The van der Waals surface area contributed by atoms with Gasteiger partial charge >= 0.3 is 0 Å². The lowest BCUT2D eigenvalue weighted by Gasteiger charge is -2.06. The maximum atomic E-state index is 12.2. The molecule has 0 aliphatic rings. The minimum atomic E-state index is -0.637. The first-order valence-corrected chi connectivity index (χ1v) is 8.78. The van der Waals surface area contributed by atoms with E-state index in [1.165, 1.54) is 12.1 Å². The Balaban J connectivity index is 1.73. The van der Waals surface area contributed by atoms with Gasteiger partial charge in [0.2, 0.25) is 0 Å². The Bertz CT molecular complexity index is 1050. The second kappa shape index (κ2) is 8.45. The fourth-order valence-electron chi connectivity index (χ4n) is 2.59. The van der Waals surface area contributed by atoms with Gasteiger partial charge in [0.1, 0.15) is 5.02 Å². The number of nitrogens with one attached hydrogen (secondary N) is 1. The molecule has 0 unspecified atom stereocenters. The first-order valence-electron chi connectivity index (χ1n) is 8.40. The molecule has 0 atom stereocenters. The van der Waals surface area contributed by atoms with Crippen LogP contribution in [-0.4, -0.2) is 16.5 Å². The predicted octanol–water partition coefficient (Wildman–Crippen LogP) is 5.07. The molecular weight excluding hydrogens is 378 g/mol. The summed E-state index contributed by atoms with van der Waals surface area (Å²) < 4.78 is 0. The fourth-order valence-corrected chi connectivity index (χ4v) is 2.78. The smallest absolute Gasteiger partial charge is 0.267 e. The lowest BCUT2D eigenvalue weighted by molar-refractivity contribution is -0.384. The SMILES string of the molecule is C/C(=N\NC(=O)c1ccc(Cl)c([N+](=O)[O-])c1)c1ccc(-c2ccccc2)cc1. The molecule has 0 aliphatic heterocycles. The van der Waals surface area contributed by atoms with Crippen molar-refractivity contribution in [2.45, 2.75) is 6.92 Å². The van der Waals surface area contributed by atoms with Crippen molar-refractivity contribution in [3.05, 3.63) is 99.1 Å². The Morgan fingerprint density at radius 3 is 2.21 bits per heavy atom. The fraction of sp³-hybridized carbons (Fsp3) is 0.0476. The number of nitro benzene ring substituents is 1. The lowest BCUT2D eigenvalue weighted by atomic mass is 10.0. The van der Waals surface area contributed by atoms with E-state index in [4.69, 9.17) is 11.6 Å². The summed E-state index contributed by atoms with van der Waals surface area (Å²) in [5, 5.41) is 15.0. The van der Waals surface area contributed by atoms with E-state index in [-0.39, 0.29) is 16.3 Å². The van der Waals surface area contributed by atoms with Gasteiger partial charge in [-0.25, -0.2) is 5.43 Å². The molecule has 28 heavy (non-hydrogen) atoms. The van der Waals surface area contributed by atoms with E-state index >= 15 is 0 Å². The first-order chi connectivity index (χ1) is 13.5. The van der Waals surface area contributed by atoms with Gasteiger partial charge in [-0.1, -0.05) is 66.2 Å². The number of hydrogen-bond acceptors (Lipinski definition) is 4. The average molecular weight is 394 g/mol. The van der Waals surface area contributed by atoms with Crippen LogP contribution in [0.5, 0.6) is 0 Å². The highest BCUT2D eigenvalue weighted by molar-refractivity contribution is 6.32. The second-order valence-electron chi connectivity index (χ2n) is 6.00. The van der Waals surface area contributed by atoms with Crippen LogP contribution in [0.2, 0.25) is 5.02 Å². The molecule has 140 valence electrons. The molecule has 1 amide bonds. The van der Waals surface area contributed by atoms with Crippen molar-refractivity contribution in [2.24, 2.45) is 5.10 Å². The minimum absolute atomic E-state index is 0.0280. The molecule has 6 nitrogen and oxygen atoms in total. The summed E-state index contributed by atoms with van der Waals surface area (Å²) in [5.41, 5.74) is 5.84. The molecule has 1 N–H and O–H groups in total. The number of carbonyl (C=O) groups excluding carboxylic acids is 1. The Kier molecular flexibility index (Phi) is 5.81. The molecule has 3 aromatic rings. The van der Waals surface area contributed by atoms with Gasteiger partial charge in [0.15, 0.2) is 0 Å². The molecule has 0 saturated carbocycles. The Hall–Kier alpha value is -3.51. The van der Waals surface area contributed by atoms with E-state index in [0.717, 1.165) is 22.8 Å². The van der Waals surface area contributed by atoms with Crippen molar-refractivity contribution in [1.29, 1.82) is 0 Å². The highest BCUT2D eigenvalue weighted by atomic mass is 35.5. The first kappa shape index (κ1) is 19.3. The number of hydrogen-bond donors (Lipinski definition) is 1. The zero-order chi connectivity index (χ0) is 20.1. The zero-order valence-electron chi connectivity index (χ0n) is 14.9. The third-order valence-corrected chi connectivity index (χ3v) is 4.46. The van der Waals surface area contributed by atoms with E-state index in [1.54, 1.807) is 6.92 Å². The van der Waals surface area contributed by atoms with Crippen molar-refractivity contribution < 1.29 is 9.72 Å². The number of amides is 1. The highest BCUT2D eigenvalue weighted by Crippen LogP contribution is 2.25. The molecule has 3 aromatic carbocycles. The molecule has 0 bridgehead atoms. The van der Waals surface area contributed by atoms with Gasteiger partial charge in [0.05, 0.1) is 10.6 Å². The Morgan fingerprint density at radius 1 is 0.964 bits per heavy atom. The van der Waals surface area contributed by atoms with Crippen LogP contribution in [0.25, 0.3) is 11.1 Å². The number of halogens is 1. The number of hydrazone groups is 1. The normalized spacial score (nSPS) is 11.1. The maximum absolute atomic E-state index is 12.2. The third-order valence-electron chi connectivity index (χ3n) is 4.14. The summed E-state index contributed by atoms with van der Waals surface area (Å²) >= 11 is 5.76. The van der Waals surface area contributed by atoms with Gasteiger partial charge in [-0.15, -0.1) is 0 Å². The molecule has 0 spiro atoms. The van der Waals surface area contributed by atoms with Crippen LogP contribution in [0.15, 0.2) is 77.9 Å². The van der Waals surface area contributed by atoms with E-state index < -0.39 is 10.8 Å². The summed E-state index contributed by atoms with van der Waals surface area (Å²) in [6.07, 6.45) is 0. The molecule has 0 fully saturated rings. The van der Waals surface area contributed by atoms with Gasteiger partial charge in [-0.05, 0) is 35.7 Å². The van der Waals surface area contributed by atoms with E-state index in [1.807, 2.05) is 54.6 Å². The molecule has 0 heterocycles. The summed E-state index contributed by atoms with van der Waals surface area (Å²) in [7, 11) is 0. The van der Waals surface area contributed by atoms with Gasteiger partial charge in [0, 0.05) is 11.6 Å². The summed E-state index contributed by atoms with van der Waals surface area (Å²) in [4.78, 5) is 22.5. The molecule has 7 heteroatoms. The van der Waals surface area contributed by atoms with Crippen LogP contribution >= 0.6 is 11.6 Å². The van der Waals surface area contributed by atoms with Crippen molar-refractivity contribution >= 4 is 28.9 Å². The predicted molar refractivity (Wildman–Crippen MR) is 110 cm³/mol. The molecule has 3 rings (SSSR count). The van der Waals surface area contributed by atoms with Gasteiger partial charge in [0.25, 0.3) is 11.6 Å². The van der Waals surface area contributed by atoms with Gasteiger partial charge < -0.3 is 0 Å². The second-order valence-corrected chi connectivity index (χ2v) is 6.41. The van der Waals surface area contributed by atoms with Crippen molar-refractivity contribution in [3.63, 3.8) is 0 Å². The van der Waals surface area contributed by atoms with Crippen LogP contribution in [0.1, 0.15) is 22.8 Å². The minimum Gasteiger partial charge on any atom is -0.267 e. The summed E-state index contributed by atoms with van der Waals surface area (Å²) in [6.45, 7) is 1.77. The van der Waals surface area contributed by atoms with Crippen LogP contribution < -0.4 is 5.43 Å². The molecule has 0 aromatic heterocycles. The standard InChI is InChI=1S/C21H16ClN3O3/c1-14(15-7-9-17(10-8-15)16-5-3-2-4-6-16)23-24-21(26)18-11-12-19(22)20(13-18)25(27)28/h2-13H,1H3,(H,24,26)/b23-14+. The lowest BCUT2D eigenvalue weighted by Crippen LogP contribution is -2.19. The van der Waals surface area contributed by atoms with Crippen LogP contribution in [-0.2, 0) is 0 Å². The highest BCUT2D eigenvalue weighted by Gasteiger charge is 2.16. The van der Waals surface area contributed by atoms with Crippen LogP contribution in [0.3, 0.4) is 0 Å². The quantitative estimate of drug-likeness (QED) is 0.373. The van der Waals surface area contributed by atoms with Gasteiger partial charge in [-0.3, -0.25) is 14.9 Å². The Morgan fingerprint density at radius 2 is 1.57 bits per heavy atom. The molecule has 0 aliphatic carbocycles. The average Bonchev–Trinajstić information content (AvgIpc) is 2.72. The number of nitrogens with zero attached hydrogens (tertiary/aromatic N) is 2. The van der Waals surface area contributed by atoms with E-state index in [2.05, 4.69) is 10.5 Å². The summed E-state index contributed by atoms with van der Waals surface area (Å²) in [5.74, 6) is -0.556. The van der Waals surface area contributed by atoms with Crippen molar-refractivity contribution in [3.8, 4) is 11.1 Å². The number of benzene rings is 3. The monoisotopic (exact) mass is 393 g/mol. The third kappa shape index (κ3) is 4.42. The largest absolute Gasteiger partial charge is 0.288 e. The molecule has 0 radical (unpaired) electrons. The molecule has 0 saturated heterocycles. The van der Waals surface area contributed by atoms with Crippen LogP contribution in [0.4, 0.5) is 5.69 Å². The number of nitro groups is 1. The molecular formula is C21H16ClN3O3. The van der Waals surface area contributed by atoms with E-state index in [0.29, 0.717) is 5.71 Å². The number of rotatable bonds is 5. The Labute approximate surface area is 166 Å². The van der Waals surface area contributed by atoms with Crippen LogP contribution in [0, 0.1) is 10.1 Å². The topological polar surface area (TPSA) is 84.6 Å². The summed E-state index contributed by atoms with van der Waals surface area (Å²) in [6, 6.07) is 21.6. The van der Waals surface area contributed by atoms with Crippen molar-refractivity contribution in [1.82, 2.24) is 5.43 Å². The van der Waals surface area contributed by atoms with Crippen molar-refractivity contribution in [2.75, 3.05) is 0 Å². The number of carbonyl (C=O) groups is 1. The zero-order valence-corrected chi connectivity index (χ0v) is 15.7. The van der Waals surface area contributed by atoms with Gasteiger partial charge in [-0.2, -0.15) is 5.10 Å². The maximum Gasteiger partial charge on any atom is 0.288 e.